The van der Waals surface area contributed by atoms with Crippen molar-refractivity contribution < 1.29 is 17.6 Å². The summed E-state index contributed by atoms with van der Waals surface area (Å²) in [7, 11) is 3.45. The van der Waals surface area contributed by atoms with Crippen LogP contribution in [-0.2, 0) is 0 Å². The summed E-state index contributed by atoms with van der Waals surface area (Å²) >= 11 is 0. The Hall–Kier alpha value is -4.60. The largest absolute Gasteiger partial charge is 0.369 e. The summed E-state index contributed by atoms with van der Waals surface area (Å²) in [6.45, 7) is 0. The topological polar surface area (TPSA) is 91.5 Å². The predicted octanol–water partition coefficient (Wildman–Crippen LogP) is 2.38. The molecule has 0 heterocycles. The minimum Gasteiger partial charge on any atom is -0.369 e. The van der Waals surface area contributed by atoms with E-state index in [0.29, 0.717) is 21.9 Å². The number of nitrogens with zero attached hydrogens (tertiary/aromatic N) is 2. The van der Waals surface area contributed by atoms with Gasteiger partial charge < -0.3 is 16.4 Å². The van der Waals surface area contributed by atoms with Crippen molar-refractivity contribution in [1.82, 2.24) is 4.90 Å². The quantitative estimate of drug-likeness (QED) is 0.167. The first-order chi connectivity index (χ1) is 18.0. The van der Waals surface area contributed by atoms with E-state index < -0.39 is 29.4 Å². The Kier molecular flexibility index (Phi) is 8.91. The molecule has 0 unspecified atom stereocenters. The van der Waals surface area contributed by atoms with E-state index >= 15 is 0 Å². The number of halogens is 4. The molecule has 0 aromatic heterocycles. The van der Waals surface area contributed by atoms with Crippen molar-refractivity contribution in [1.29, 1.82) is 5.41 Å². The Morgan fingerprint density at radius 1 is 0.632 bits per heavy atom. The highest BCUT2D eigenvalue weighted by Crippen LogP contribution is 2.13. The second-order valence-corrected chi connectivity index (χ2v) is 8.84. The molecule has 0 fully saturated rings. The first kappa shape index (κ1) is 28.0. The van der Waals surface area contributed by atoms with Crippen molar-refractivity contribution in [2.75, 3.05) is 14.1 Å². The highest BCUT2D eigenvalue weighted by atomic mass is 19.1. The van der Waals surface area contributed by atoms with Gasteiger partial charge in [0.1, 0.15) is 29.4 Å². The standard InChI is InChI=1S/C24H16BF4.C4H11N5/c26-21-9-1-5-17(13-21)25(18-6-2-10-22(27)14-18,19-7-3-11-23(28)15-19)20-8-4-12-24(29)16-20;1-9(2)4(7)8-3(5)6/h1-16H;1-2H3,(H5,5,6,7,8)/q-1;. The molecule has 0 aliphatic carbocycles. The molecule has 0 aliphatic rings. The Morgan fingerprint density at radius 3 is 1.11 bits per heavy atom. The molecule has 0 amide bonds. The van der Waals surface area contributed by atoms with E-state index in [1.807, 2.05) is 0 Å². The van der Waals surface area contributed by atoms with Crippen LogP contribution in [0.1, 0.15) is 0 Å². The van der Waals surface area contributed by atoms with Crippen molar-refractivity contribution >= 4 is 39.9 Å². The molecule has 4 aromatic rings. The van der Waals surface area contributed by atoms with Gasteiger partial charge in [-0.05, 0) is 24.3 Å². The van der Waals surface area contributed by atoms with E-state index in [9.17, 15) is 17.6 Å². The lowest BCUT2D eigenvalue weighted by atomic mass is 9.13. The number of guanidine groups is 2. The van der Waals surface area contributed by atoms with Gasteiger partial charge in [-0.1, -0.05) is 72.8 Å². The van der Waals surface area contributed by atoms with Gasteiger partial charge in [-0.2, -0.15) is 26.8 Å². The number of rotatable bonds is 4. The molecule has 0 spiro atoms. The van der Waals surface area contributed by atoms with Crippen molar-refractivity contribution in [3.05, 3.63) is 120 Å². The first-order valence-electron chi connectivity index (χ1n) is 11.6. The van der Waals surface area contributed by atoms with Crippen LogP contribution in [0.15, 0.2) is 102 Å². The average Bonchev–Trinajstić information content (AvgIpc) is 2.85. The molecule has 0 aliphatic heterocycles. The summed E-state index contributed by atoms with van der Waals surface area (Å²) in [6, 6.07) is 23.5. The lowest BCUT2D eigenvalue weighted by molar-refractivity contribution is 0.615. The average molecular weight is 520 g/mol. The van der Waals surface area contributed by atoms with Gasteiger partial charge in [0.15, 0.2) is 5.96 Å². The van der Waals surface area contributed by atoms with Gasteiger partial charge in [0.25, 0.3) is 0 Å². The van der Waals surface area contributed by atoms with Crippen LogP contribution in [0, 0.1) is 28.7 Å². The fraction of sp³-hybridized carbons (Fsp3) is 0.0714. The third-order valence-corrected chi connectivity index (χ3v) is 6.09. The van der Waals surface area contributed by atoms with E-state index in [1.165, 1.54) is 48.5 Å². The molecule has 0 bridgehead atoms. The fourth-order valence-corrected chi connectivity index (χ4v) is 4.48. The second kappa shape index (κ2) is 12.1. The molecule has 0 saturated carbocycles. The number of hydrogen-bond acceptors (Lipinski definition) is 1. The maximum atomic E-state index is 14.3. The Bertz CT molecular complexity index is 1270. The number of nitrogens with one attached hydrogen (secondary N) is 1. The van der Waals surface area contributed by atoms with Crippen molar-refractivity contribution in [2.24, 2.45) is 16.5 Å². The van der Waals surface area contributed by atoms with Crippen molar-refractivity contribution in [3.63, 3.8) is 0 Å². The van der Waals surface area contributed by atoms with Crippen LogP contribution >= 0.6 is 0 Å². The minimum absolute atomic E-state index is 0.238. The molecule has 5 nitrogen and oxygen atoms in total. The summed E-state index contributed by atoms with van der Waals surface area (Å²) < 4.78 is 57.1. The van der Waals surface area contributed by atoms with E-state index in [4.69, 9.17) is 16.9 Å². The number of benzene rings is 4. The van der Waals surface area contributed by atoms with Gasteiger partial charge in [-0.3, -0.25) is 5.41 Å². The van der Waals surface area contributed by atoms with Crippen LogP contribution in [0.4, 0.5) is 17.6 Å². The minimum atomic E-state index is -2.25. The molecule has 0 atom stereocenters. The molecule has 5 N–H and O–H groups in total. The predicted molar refractivity (Wildman–Crippen MR) is 147 cm³/mol. The van der Waals surface area contributed by atoms with Crippen LogP contribution < -0.4 is 33.3 Å². The lowest BCUT2D eigenvalue weighted by Gasteiger charge is -2.44. The maximum Gasteiger partial charge on any atom is 0.215 e. The van der Waals surface area contributed by atoms with Gasteiger partial charge in [0.05, 0.1) is 0 Å². The Morgan fingerprint density at radius 2 is 0.921 bits per heavy atom. The lowest BCUT2D eigenvalue weighted by Crippen LogP contribution is -2.75. The number of nitrogens with two attached hydrogens (primary N) is 2. The van der Waals surface area contributed by atoms with E-state index in [1.54, 1.807) is 67.5 Å². The smallest absolute Gasteiger partial charge is 0.215 e. The molecule has 38 heavy (non-hydrogen) atoms. The number of hydrogen-bond donors (Lipinski definition) is 3. The van der Waals surface area contributed by atoms with E-state index in [0.717, 1.165) is 0 Å². The fourth-order valence-electron chi connectivity index (χ4n) is 4.48. The van der Waals surface area contributed by atoms with Gasteiger partial charge >= 0.3 is 0 Å². The van der Waals surface area contributed by atoms with Gasteiger partial charge in [-0.15, -0.1) is 0 Å². The van der Waals surface area contributed by atoms with Crippen LogP contribution in [0.2, 0.25) is 0 Å². The van der Waals surface area contributed by atoms with Crippen LogP contribution in [0.5, 0.6) is 0 Å². The summed E-state index contributed by atoms with van der Waals surface area (Å²) in [4.78, 5) is 5.03. The van der Waals surface area contributed by atoms with Gasteiger partial charge in [-0.25, -0.2) is 17.6 Å². The zero-order valence-electron chi connectivity index (χ0n) is 20.9. The zero-order valence-corrected chi connectivity index (χ0v) is 20.9. The first-order valence-corrected chi connectivity index (χ1v) is 11.6. The zero-order chi connectivity index (χ0) is 27.9. The molecule has 0 saturated heterocycles. The molecule has 196 valence electrons. The Labute approximate surface area is 218 Å². The summed E-state index contributed by atoms with van der Waals surface area (Å²) in [5, 5.41) is 6.70. The van der Waals surface area contributed by atoms with E-state index in [2.05, 4.69) is 4.99 Å². The van der Waals surface area contributed by atoms with Crippen molar-refractivity contribution in [3.8, 4) is 0 Å². The van der Waals surface area contributed by atoms with Crippen LogP contribution in [0.3, 0.4) is 0 Å². The molecular formula is C28H27BF4N5-. The maximum absolute atomic E-state index is 14.3. The van der Waals surface area contributed by atoms with Gasteiger partial charge in [0, 0.05) is 14.1 Å². The monoisotopic (exact) mass is 520 g/mol. The molecule has 4 aromatic carbocycles. The number of aliphatic imine (C=N–C) groups is 1. The van der Waals surface area contributed by atoms with Crippen LogP contribution in [-0.4, -0.2) is 37.1 Å². The second-order valence-electron chi connectivity index (χ2n) is 8.84. The van der Waals surface area contributed by atoms with E-state index in [-0.39, 0.29) is 11.9 Å². The van der Waals surface area contributed by atoms with Crippen molar-refractivity contribution in [2.45, 2.75) is 0 Å². The highest BCUT2D eigenvalue weighted by molar-refractivity contribution is 7.19. The normalized spacial score (nSPS) is 11.4. The SMILES string of the molecule is CN(C)C(N)=NC(=N)N.Fc1cccc([B-](c2cccc(F)c2)(c2cccc(F)c2)c2cccc(F)c2)c1. The Balaban J connectivity index is 0.000000383. The summed E-state index contributed by atoms with van der Waals surface area (Å²) in [5.41, 5.74) is 12.2. The third kappa shape index (κ3) is 6.39. The summed E-state index contributed by atoms with van der Waals surface area (Å²) in [5.74, 6) is -1.99. The van der Waals surface area contributed by atoms with Gasteiger partial charge in [0.2, 0.25) is 5.96 Å². The third-order valence-electron chi connectivity index (χ3n) is 6.09. The molecular weight excluding hydrogens is 493 g/mol. The van der Waals surface area contributed by atoms with Crippen LogP contribution in [0.25, 0.3) is 0 Å². The molecule has 0 radical (unpaired) electrons. The summed E-state index contributed by atoms with van der Waals surface area (Å²) in [6.07, 6.45) is -2.25. The molecule has 4 rings (SSSR count). The highest BCUT2D eigenvalue weighted by Gasteiger charge is 2.32. The molecule has 10 heteroatoms.